The number of fused-ring (bicyclic) bond motifs is 3. The quantitative estimate of drug-likeness (QED) is 0.255. The molecule has 38 heavy (non-hydrogen) atoms. The molecule has 2 heterocycles. The van der Waals surface area contributed by atoms with Gasteiger partial charge in [-0.3, -0.25) is 0 Å². The Labute approximate surface area is 232 Å². The topological polar surface area (TPSA) is 61.8 Å². The fourth-order valence-corrected chi connectivity index (χ4v) is 5.36. The largest absolute Gasteiger partial charge is 0.493 e. The Balaban J connectivity index is 1.56. The molecule has 3 aromatic rings. The fraction of sp³-hybridized carbons (Fsp3) is 0.345. The molecule has 0 radical (unpaired) electrons. The van der Waals surface area contributed by atoms with E-state index in [-0.39, 0.29) is 6.04 Å². The zero-order valence-corrected chi connectivity index (χ0v) is 23.3. The zero-order chi connectivity index (χ0) is 26.8. The monoisotopic (exact) mass is 556 g/mol. The van der Waals surface area contributed by atoms with Crippen LogP contribution in [0.5, 0.6) is 28.7 Å². The van der Waals surface area contributed by atoms with E-state index in [1.54, 1.807) is 27.4 Å². The van der Waals surface area contributed by atoms with Crippen LogP contribution in [0.15, 0.2) is 53.6 Å². The molecule has 200 valence electrons. The summed E-state index contributed by atoms with van der Waals surface area (Å²) in [5, 5.41) is 8.01. The minimum Gasteiger partial charge on any atom is -0.493 e. The highest BCUT2D eigenvalue weighted by Gasteiger charge is 2.42. The van der Waals surface area contributed by atoms with Crippen LogP contribution >= 0.6 is 23.2 Å². The standard InChI is InChI=1S/C29H30Cl2N2O5/c1-5-6-11-37-25-10-8-18(13-27(25)36-4)29-33-23(20-14-19(30)15-21(31)28(20)38-29)16-22(32-33)17-7-9-24(34-2)26(12-17)35-3/h7-10,12-15,23,29H,5-6,11,16H2,1-4H3. The van der Waals surface area contributed by atoms with Crippen molar-refractivity contribution >= 4 is 28.9 Å². The number of hydrazone groups is 1. The third-order valence-corrected chi connectivity index (χ3v) is 7.25. The van der Waals surface area contributed by atoms with Gasteiger partial charge in [-0.05, 0) is 55.0 Å². The Kier molecular flexibility index (Phi) is 7.77. The van der Waals surface area contributed by atoms with E-state index >= 15 is 0 Å². The van der Waals surface area contributed by atoms with Crippen molar-refractivity contribution in [3.8, 4) is 28.7 Å². The SMILES string of the molecule is CCCCOc1ccc(C2Oc3c(Cl)cc(Cl)cc3C3CC(c4ccc(OC)c(OC)c4)=NN32)cc1OC. The van der Waals surface area contributed by atoms with E-state index < -0.39 is 6.23 Å². The van der Waals surface area contributed by atoms with E-state index in [9.17, 15) is 0 Å². The summed E-state index contributed by atoms with van der Waals surface area (Å²) in [7, 11) is 4.87. The van der Waals surface area contributed by atoms with Crippen molar-refractivity contribution in [3.05, 3.63) is 75.3 Å². The van der Waals surface area contributed by atoms with Gasteiger partial charge in [-0.25, -0.2) is 5.01 Å². The van der Waals surface area contributed by atoms with Gasteiger partial charge in [-0.1, -0.05) is 36.5 Å². The molecule has 0 bridgehead atoms. The molecular formula is C29H30Cl2N2O5. The summed E-state index contributed by atoms with van der Waals surface area (Å²) in [6, 6.07) is 15.1. The van der Waals surface area contributed by atoms with Crippen LogP contribution in [0, 0.1) is 0 Å². The number of rotatable bonds is 9. The lowest BCUT2D eigenvalue weighted by Gasteiger charge is -2.38. The Morgan fingerprint density at radius 2 is 1.66 bits per heavy atom. The molecule has 0 N–H and O–H groups in total. The molecule has 2 aliphatic rings. The van der Waals surface area contributed by atoms with Crippen LogP contribution in [0.2, 0.25) is 10.0 Å². The molecule has 0 spiro atoms. The van der Waals surface area contributed by atoms with E-state index in [0.29, 0.717) is 51.8 Å². The number of hydrogen-bond donors (Lipinski definition) is 0. The second-order valence-electron chi connectivity index (χ2n) is 9.10. The summed E-state index contributed by atoms with van der Waals surface area (Å²) in [5.74, 6) is 3.23. The lowest BCUT2D eigenvalue weighted by molar-refractivity contribution is -0.0190. The fourth-order valence-electron chi connectivity index (χ4n) is 4.81. The molecule has 0 aromatic heterocycles. The molecule has 0 amide bonds. The Morgan fingerprint density at radius 3 is 2.39 bits per heavy atom. The first-order valence-corrected chi connectivity index (χ1v) is 13.3. The minimum absolute atomic E-state index is 0.130. The van der Waals surface area contributed by atoms with E-state index in [2.05, 4.69) is 6.92 Å². The third kappa shape index (κ3) is 4.93. The van der Waals surface area contributed by atoms with Gasteiger partial charge in [-0.2, -0.15) is 5.10 Å². The van der Waals surface area contributed by atoms with E-state index in [1.807, 2.05) is 47.5 Å². The van der Waals surface area contributed by atoms with Gasteiger partial charge in [0.25, 0.3) is 0 Å². The van der Waals surface area contributed by atoms with Crippen molar-refractivity contribution in [1.29, 1.82) is 0 Å². The summed E-state index contributed by atoms with van der Waals surface area (Å²) in [6.45, 7) is 2.76. The van der Waals surface area contributed by atoms with Crippen LogP contribution in [0.3, 0.4) is 0 Å². The first-order chi connectivity index (χ1) is 18.5. The van der Waals surface area contributed by atoms with Crippen LogP contribution in [0.1, 0.15) is 55.1 Å². The van der Waals surface area contributed by atoms with Crippen molar-refractivity contribution in [2.75, 3.05) is 27.9 Å². The number of unbranched alkanes of at least 4 members (excludes halogenated alkanes) is 1. The van der Waals surface area contributed by atoms with Gasteiger partial charge in [0, 0.05) is 28.1 Å². The van der Waals surface area contributed by atoms with Crippen LogP contribution in [0.4, 0.5) is 0 Å². The second kappa shape index (κ2) is 11.2. The smallest absolute Gasteiger partial charge is 0.214 e. The molecular weight excluding hydrogens is 527 g/mol. The van der Waals surface area contributed by atoms with E-state index in [1.165, 1.54) is 0 Å². The summed E-state index contributed by atoms with van der Waals surface area (Å²) in [6.07, 6.45) is 2.12. The molecule has 2 aliphatic heterocycles. The number of halogens is 2. The van der Waals surface area contributed by atoms with Crippen molar-refractivity contribution < 1.29 is 23.7 Å². The zero-order valence-electron chi connectivity index (χ0n) is 21.8. The maximum atomic E-state index is 6.63. The highest BCUT2D eigenvalue weighted by molar-refractivity contribution is 6.35. The maximum absolute atomic E-state index is 6.63. The van der Waals surface area contributed by atoms with Crippen molar-refractivity contribution in [3.63, 3.8) is 0 Å². The number of hydrogen-bond acceptors (Lipinski definition) is 7. The van der Waals surface area contributed by atoms with Crippen LogP contribution in [-0.2, 0) is 0 Å². The molecule has 0 fully saturated rings. The number of ether oxygens (including phenoxy) is 5. The van der Waals surface area contributed by atoms with Crippen LogP contribution in [-0.4, -0.2) is 38.7 Å². The number of nitrogens with zero attached hydrogens (tertiary/aromatic N) is 2. The molecule has 2 atom stereocenters. The average Bonchev–Trinajstić information content (AvgIpc) is 3.38. The van der Waals surface area contributed by atoms with Gasteiger partial charge in [0.15, 0.2) is 23.0 Å². The van der Waals surface area contributed by atoms with E-state index in [4.69, 9.17) is 52.0 Å². The number of benzene rings is 3. The predicted octanol–water partition coefficient (Wildman–Crippen LogP) is 7.44. The van der Waals surface area contributed by atoms with Gasteiger partial charge in [0.1, 0.15) is 5.75 Å². The van der Waals surface area contributed by atoms with Crippen molar-refractivity contribution in [2.24, 2.45) is 5.10 Å². The summed E-state index contributed by atoms with van der Waals surface area (Å²) in [4.78, 5) is 0. The highest BCUT2D eigenvalue weighted by atomic mass is 35.5. The van der Waals surface area contributed by atoms with Crippen LogP contribution < -0.4 is 23.7 Å². The molecule has 0 aliphatic carbocycles. The number of methoxy groups -OCH3 is 3. The summed E-state index contributed by atoms with van der Waals surface area (Å²) in [5.41, 5.74) is 3.58. The summed E-state index contributed by atoms with van der Waals surface area (Å²) < 4.78 is 29.0. The molecule has 5 rings (SSSR count). The first kappa shape index (κ1) is 26.3. The van der Waals surface area contributed by atoms with Gasteiger partial charge < -0.3 is 23.7 Å². The average molecular weight is 557 g/mol. The van der Waals surface area contributed by atoms with E-state index in [0.717, 1.165) is 35.2 Å². The van der Waals surface area contributed by atoms with Gasteiger partial charge in [0.05, 0.1) is 44.7 Å². The molecule has 0 saturated heterocycles. The third-order valence-electron chi connectivity index (χ3n) is 6.75. The minimum atomic E-state index is -0.539. The molecule has 7 nitrogen and oxygen atoms in total. The van der Waals surface area contributed by atoms with Gasteiger partial charge in [0.2, 0.25) is 6.23 Å². The Morgan fingerprint density at radius 1 is 0.921 bits per heavy atom. The summed E-state index contributed by atoms with van der Waals surface area (Å²) >= 11 is 13.0. The van der Waals surface area contributed by atoms with Gasteiger partial charge in [-0.15, -0.1) is 0 Å². The highest BCUT2D eigenvalue weighted by Crippen LogP contribution is 2.51. The van der Waals surface area contributed by atoms with Gasteiger partial charge >= 0.3 is 0 Å². The normalized spacial score (nSPS) is 17.7. The molecule has 3 aromatic carbocycles. The lowest BCUT2D eigenvalue weighted by Crippen LogP contribution is -2.33. The Hall–Kier alpha value is -3.29. The first-order valence-electron chi connectivity index (χ1n) is 12.5. The predicted molar refractivity (Wildman–Crippen MR) is 149 cm³/mol. The molecule has 9 heteroatoms. The molecule has 0 saturated carbocycles. The lowest BCUT2D eigenvalue weighted by atomic mass is 9.95. The second-order valence-corrected chi connectivity index (χ2v) is 9.95. The van der Waals surface area contributed by atoms with Crippen molar-refractivity contribution in [1.82, 2.24) is 5.01 Å². The Bertz CT molecular complexity index is 1360. The van der Waals surface area contributed by atoms with Crippen LogP contribution in [0.25, 0.3) is 0 Å². The maximum Gasteiger partial charge on any atom is 0.214 e. The van der Waals surface area contributed by atoms with Crippen molar-refractivity contribution in [2.45, 2.75) is 38.5 Å². The molecule has 2 unspecified atom stereocenters.